The molecule has 0 bridgehead atoms. The molecule has 0 fully saturated rings. The molecule has 3 aromatic rings. The van der Waals surface area contributed by atoms with Crippen LogP contribution in [0.5, 0.6) is 5.75 Å². The van der Waals surface area contributed by atoms with Crippen molar-refractivity contribution in [2.75, 3.05) is 6.61 Å². The molecule has 3 rings (SSSR count). The Morgan fingerprint density at radius 1 is 1.12 bits per heavy atom. The summed E-state index contributed by atoms with van der Waals surface area (Å²) in [6, 6.07) is 3.52. The molecule has 0 spiro atoms. The molecule has 0 aliphatic carbocycles. The summed E-state index contributed by atoms with van der Waals surface area (Å²) in [4.78, 5) is 41.6. The van der Waals surface area contributed by atoms with Crippen LogP contribution in [0.3, 0.4) is 0 Å². The zero-order valence-electron chi connectivity index (χ0n) is 21.9. The molecule has 14 heteroatoms. The number of furan rings is 1. The van der Waals surface area contributed by atoms with E-state index in [1.54, 1.807) is 0 Å². The lowest BCUT2D eigenvalue weighted by Crippen LogP contribution is -2.49. The molecule has 11 nitrogen and oxygen atoms in total. The Labute approximate surface area is 226 Å². The van der Waals surface area contributed by atoms with Crippen molar-refractivity contribution in [1.82, 2.24) is 15.6 Å². The SMILES string of the molecule is CC(C)(C)C[C@H](NC(=O)c1ccoc1)C(=O)N[C@@H](CO)c1nc(C(N)=O)c(COc2ccccc2C(F)(F)F)o1. The zero-order valence-corrected chi connectivity index (χ0v) is 21.9. The van der Waals surface area contributed by atoms with E-state index < -0.39 is 71.6 Å². The van der Waals surface area contributed by atoms with Gasteiger partial charge in [0.15, 0.2) is 11.5 Å². The first-order chi connectivity index (χ1) is 18.7. The number of hydrogen-bond acceptors (Lipinski definition) is 8. The maximum absolute atomic E-state index is 13.3. The third kappa shape index (κ3) is 7.85. The van der Waals surface area contributed by atoms with Gasteiger partial charge in [0.25, 0.3) is 11.8 Å². The number of carbonyl (C=O) groups excluding carboxylic acids is 3. The third-order valence-electron chi connectivity index (χ3n) is 5.52. The number of alkyl halides is 3. The summed E-state index contributed by atoms with van der Waals surface area (Å²) in [6.07, 6.45) is -1.97. The van der Waals surface area contributed by atoms with Gasteiger partial charge in [-0.05, 0) is 30.0 Å². The molecule has 0 aliphatic heterocycles. The number of nitrogens with one attached hydrogen (secondary N) is 2. The van der Waals surface area contributed by atoms with E-state index in [2.05, 4.69) is 15.6 Å². The fourth-order valence-electron chi connectivity index (χ4n) is 3.69. The van der Waals surface area contributed by atoms with E-state index in [1.807, 2.05) is 20.8 Å². The van der Waals surface area contributed by atoms with Crippen LogP contribution in [-0.2, 0) is 17.6 Å². The summed E-state index contributed by atoms with van der Waals surface area (Å²) in [6.45, 7) is 4.18. The number of oxazole rings is 1. The van der Waals surface area contributed by atoms with Crippen LogP contribution in [-0.4, -0.2) is 40.5 Å². The number of aliphatic hydroxyl groups is 1. The first kappa shape index (κ1) is 30.2. The Morgan fingerprint density at radius 3 is 2.40 bits per heavy atom. The zero-order chi connectivity index (χ0) is 29.7. The summed E-state index contributed by atoms with van der Waals surface area (Å²) in [5, 5.41) is 15.1. The number of nitrogens with two attached hydrogens (primary N) is 1. The topological polar surface area (TPSA) is 170 Å². The van der Waals surface area contributed by atoms with Gasteiger partial charge in [-0.2, -0.15) is 13.2 Å². The minimum Gasteiger partial charge on any atom is -0.485 e. The minimum absolute atomic E-state index is 0.195. The second-order valence-corrected chi connectivity index (χ2v) is 10.0. The average Bonchev–Trinajstić information content (AvgIpc) is 3.55. The number of halogens is 3. The highest BCUT2D eigenvalue weighted by molar-refractivity contribution is 5.97. The van der Waals surface area contributed by atoms with Gasteiger partial charge in [0.2, 0.25) is 11.8 Å². The predicted molar refractivity (Wildman–Crippen MR) is 133 cm³/mol. The van der Waals surface area contributed by atoms with Crippen molar-refractivity contribution >= 4 is 17.7 Å². The molecule has 2 aromatic heterocycles. The lowest BCUT2D eigenvalue weighted by Gasteiger charge is -2.27. The number of nitrogens with zero attached hydrogens (tertiary/aromatic N) is 1. The van der Waals surface area contributed by atoms with E-state index in [0.29, 0.717) is 0 Å². The molecule has 0 unspecified atom stereocenters. The molecular weight excluding hydrogens is 537 g/mol. The maximum atomic E-state index is 13.3. The van der Waals surface area contributed by atoms with Crippen LogP contribution in [0.2, 0.25) is 0 Å². The fraction of sp³-hybridized carbons (Fsp3) is 0.385. The minimum atomic E-state index is -4.70. The summed E-state index contributed by atoms with van der Waals surface area (Å²) < 4.78 is 55.6. The molecule has 1 aromatic carbocycles. The molecule has 2 atom stereocenters. The average molecular weight is 567 g/mol. The van der Waals surface area contributed by atoms with E-state index in [0.717, 1.165) is 12.1 Å². The van der Waals surface area contributed by atoms with Gasteiger partial charge in [-0.15, -0.1) is 0 Å². The van der Waals surface area contributed by atoms with Crippen molar-refractivity contribution in [2.45, 2.75) is 52.1 Å². The normalized spacial score (nSPS) is 13.4. The number of aromatic nitrogens is 1. The maximum Gasteiger partial charge on any atom is 0.419 e. The highest BCUT2D eigenvalue weighted by atomic mass is 19.4. The number of amides is 3. The van der Waals surface area contributed by atoms with E-state index in [1.165, 1.54) is 30.7 Å². The largest absolute Gasteiger partial charge is 0.485 e. The van der Waals surface area contributed by atoms with Crippen LogP contribution in [0.1, 0.15) is 71.3 Å². The number of benzene rings is 1. The van der Waals surface area contributed by atoms with Crippen LogP contribution in [0.25, 0.3) is 0 Å². The van der Waals surface area contributed by atoms with Crippen LogP contribution >= 0.6 is 0 Å². The molecule has 5 N–H and O–H groups in total. The van der Waals surface area contributed by atoms with Crippen LogP contribution in [0.4, 0.5) is 13.2 Å². The van der Waals surface area contributed by atoms with Gasteiger partial charge in [0.1, 0.15) is 30.7 Å². The molecule has 216 valence electrons. The quantitative estimate of drug-likeness (QED) is 0.274. The Kier molecular flexibility index (Phi) is 9.24. The van der Waals surface area contributed by atoms with Gasteiger partial charge in [0.05, 0.1) is 24.0 Å². The molecule has 0 saturated carbocycles. The second-order valence-electron chi connectivity index (χ2n) is 10.0. The van der Waals surface area contributed by atoms with Gasteiger partial charge >= 0.3 is 6.18 Å². The number of ether oxygens (including phenoxy) is 1. The van der Waals surface area contributed by atoms with Gasteiger partial charge in [-0.25, -0.2) is 4.98 Å². The Morgan fingerprint density at radius 2 is 1.82 bits per heavy atom. The number of aliphatic hydroxyl groups excluding tert-OH is 1. The summed E-state index contributed by atoms with van der Waals surface area (Å²) in [7, 11) is 0. The highest BCUT2D eigenvalue weighted by Gasteiger charge is 2.35. The first-order valence-electron chi connectivity index (χ1n) is 12.0. The molecule has 2 heterocycles. The number of para-hydroxylation sites is 1. The third-order valence-corrected chi connectivity index (χ3v) is 5.52. The first-order valence-corrected chi connectivity index (χ1v) is 12.0. The lowest BCUT2D eigenvalue weighted by molar-refractivity contribution is -0.139. The molecule has 3 amide bonds. The van der Waals surface area contributed by atoms with Gasteiger partial charge in [-0.1, -0.05) is 32.9 Å². The predicted octanol–water partition coefficient (Wildman–Crippen LogP) is 3.35. The molecule has 0 saturated heterocycles. The Bertz CT molecular complexity index is 1330. The molecule has 0 aliphatic rings. The van der Waals surface area contributed by atoms with Crippen LogP contribution in [0, 0.1) is 5.41 Å². The molecular formula is C26H29F3N4O7. The monoisotopic (exact) mass is 566 g/mol. The molecule has 40 heavy (non-hydrogen) atoms. The second kappa shape index (κ2) is 12.2. The van der Waals surface area contributed by atoms with Gasteiger partial charge in [-0.3, -0.25) is 14.4 Å². The van der Waals surface area contributed by atoms with Crippen molar-refractivity contribution in [1.29, 1.82) is 0 Å². The Balaban J connectivity index is 1.81. The van der Waals surface area contributed by atoms with E-state index in [-0.39, 0.29) is 23.6 Å². The summed E-state index contributed by atoms with van der Waals surface area (Å²) in [5.74, 6) is -3.51. The van der Waals surface area contributed by atoms with Crippen molar-refractivity contribution in [3.63, 3.8) is 0 Å². The summed E-state index contributed by atoms with van der Waals surface area (Å²) >= 11 is 0. The molecule has 0 radical (unpaired) electrons. The number of primary amides is 1. The number of carbonyl (C=O) groups is 3. The highest BCUT2D eigenvalue weighted by Crippen LogP contribution is 2.36. The van der Waals surface area contributed by atoms with E-state index >= 15 is 0 Å². The van der Waals surface area contributed by atoms with Crippen molar-refractivity contribution in [3.05, 3.63) is 71.3 Å². The fourth-order valence-corrected chi connectivity index (χ4v) is 3.69. The van der Waals surface area contributed by atoms with Gasteiger partial charge < -0.3 is 35.0 Å². The van der Waals surface area contributed by atoms with E-state index in [9.17, 15) is 32.7 Å². The van der Waals surface area contributed by atoms with Crippen LogP contribution in [0.15, 0.2) is 51.7 Å². The van der Waals surface area contributed by atoms with Crippen molar-refractivity contribution in [2.24, 2.45) is 11.1 Å². The summed E-state index contributed by atoms with van der Waals surface area (Å²) in [5.41, 5.74) is 3.65. The number of hydrogen-bond donors (Lipinski definition) is 4. The lowest BCUT2D eigenvalue weighted by atomic mass is 9.87. The number of rotatable bonds is 11. The van der Waals surface area contributed by atoms with E-state index in [4.69, 9.17) is 19.3 Å². The van der Waals surface area contributed by atoms with Gasteiger partial charge in [0, 0.05) is 0 Å². The van der Waals surface area contributed by atoms with Crippen molar-refractivity contribution in [3.8, 4) is 5.75 Å². The van der Waals surface area contributed by atoms with Crippen LogP contribution < -0.4 is 21.1 Å². The smallest absolute Gasteiger partial charge is 0.419 e. The standard InChI is InChI=1S/C26H29F3N4O7/c1-25(2,3)10-16(31-22(36)14-8-9-38-12-14)23(37)32-17(11-34)24-33-20(21(30)35)19(40-24)13-39-18-7-5-4-6-15(18)26(27,28)29/h4-9,12,16-17,34H,10-11,13H2,1-3H3,(H2,30,35)(H,31,36)(H,32,37)/t16-,17-/m0/s1. The Hall–Kier alpha value is -4.33. The van der Waals surface area contributed by atoms with Crippen molar-refractivity contribution < 1.29 is 46.2 Å².